The van der Waals surface area contributed by atoms with Crippen LogP contribution in [0.3, 0.4) is 0 Å². The van der Waals surface area contributed by atoms with Gasteiger partial charge in [0.15, 0.2) is 0 Å². The van der Waals surface area contributed by atoms with Crippen molar-refractivity contribution in [2.45, 2.75) is 46.0 Å². The average molecular weight is 323 g/mol. The summed E-state index contributed by atoms with van der Waals surface area (Å²) in [5, 5.41) is 5.77. The second-order valence-electron chi connectivity index (χ2n) is 7.11. The zero-order valence-electron chi connectivity index (χ0n) is 14.3. The van der Waals surface area contributed by atoms with Gasteiger partial charge in [0, 0.05) is 38.5 Å². The highest BCUT2D eigenvalue weighted by Gasteiger charge is 2.32. The molecule has 2 heterocycles. The predicted octanol–water partition coefficient (Wildman–Crippen LogP) is 0.914. The van der Waals surface area contributed by atoms with E-state index in [1.54, 1.807) is 0 Å². The van der Waals surface area contributed by atoms with Gasteiger partial charge < -0.3 is 15.5 Å². The maximum Gasteiger partial charge on any atom is 0.227 e. The van der Waals surface area contributed by atoms with Gasteiger partial charge in [-0.1, -0.05) is 13.8 Å². The molecule has 2 aliphatic heterocycles. The van der Waals surface area contributed by atoms with E-state index >= 15 is 0 Å². The molecular weight excluding hydrogens is 294 g/mol. The molecule has 0 aromatic carbocycles. The van der Waals surface area contributed by atoms with Gasteiger partial charge in [-0.05, 0) is 31.6 Å². The summed E-state index contributed by atoms with van der Waals surface area (Å²) in [6, 6.07) is 0. The molecule has 2 saturated heterocycles. The van der Waals surface area contributed by atoms with E-state index in [4.69, 9.17) is 0 Å². The lowest BCUT2D eigenvalue weighted by atomic mass is 9.92. The van der Waals surface area contributed by atoms with Gasteiger partial charge in [0.05, 0.1) is 5.92 Å². The first-order valence-electron chi connectivity index (χ1n) is 8.80. The average Bonchev–Trinajstić information content (AvgIpc) is 2.54. The molecule has 1 atom stereocenters. The van der Waals surface area contributed by atoms with E-state index in [-0.39, 0.29) is 29.6 Å². The number of rotatable bonds is 5. The first-order valence-corrected chi connectivity index (χ1v) is 8.80. The van der Waals surface area contributed by atoms with E-state index in [1.807, 2.05) is 4.90 Å². The Morgan fingerprint density at radius 3 is 2.48 bits per heavy atom. The Labute approximate surface area is 138 Å². The molecule has 130 valence electrons. The molecule has 2 rings (SSSR count). The number of carbonyl (C=O) groups excluding carboxylic acids is 3. The topological polar surface area (TPSA) is 78.5 Å². The molecule has 2 fully saturated rings. The molecular formula is C17H29N3O3. The molecule has 0 aromatic heterocycles. The Morgan fingerprint density at radius 2 is 1.91 bits per heavy atom. The van der Waals surface area contributed by atoms with Gasteiger partial charge in [-0.25, -0.2) is 0 Å². The normalized spacial score (nSPS) is 22.8. The van der Waals surface area contributed by atoms with Crippen LogP contribution < -0.4 is 10.6 Å². The van der Waals surface area contributed by atoms with Crippen LogP contribution in [0.4, 0.5) is 0 Å². The third-order valence-corrected chi connectivity index (χ3v) is 4.81. The third-order valence-electron chi connectivity index (χ3n) is 4.81. The fourth-order valence-corrected chi connectivity index (χ4v) is 3.19. The SMILES string of the molecule is CC(C)CCNC(=O)C1CCN(C(=O)C2CCC(=O)NC2)CC1. The number of nitrogens with one attached hydrogen (secondary N) is 2. The van der Waals surface area contributed by atoms with Crippen molar-refractivity contribution >= 4 is 17.7 Å². The minimum atomic E-state index is -0.0934. The number of piperidine rings is 2. The molecule has 1 unspecified atom stereocenters. The largest absolute Gasteiger partial charge is 0.356 e. The van der Waals surface area contributed by atoms with Crippen molar-refractivity contribution in [1.29, 1.82) is 0 Å². The van der Waals surface area contributed by atoms with Crippen molar-refractivity contribution in [2.75, 3.05) is 26.2 Å². The Morgan fingerprint density at radius 1 is 1.22 bits per heavy atom. The minimum absolute atomic E-state index is 0.0253. The lowest BCUT2D eigenvalue weighted by Crippen LogP contribution is -2.48. The smallest absolute Gasteiger partial charge is 0.227 e. The zero-order valence-corrected chi connectivity index (χ0v) is 14.3. The molecule has 6 heteroatoms. The number of hydrogen-bond acceptors (Lipinski definition) is 3. The summed E-state index contributed by atoms with van der Waals surface area (Å²) >= 11 is 0. The van der Waals surface area contributed by atoms with Gasteiger partial charge in [0.25, 0.3) is 0 Å². The van der Waals surface area contributed by atoms with Crippen LogP contribution in [0.15, 0.2) is 0 Å². The van der Waals surface area contributed by atoms with Gasteiger partial charge in [-0.3, -0.25) is 14.4 Å². The van der Waals surface area contributed by atoms with Crippen LogP contribution in [0.1, 0.15) is 46.0 Å². The molecule has 3 amide bonds. The number of likely N-dealkylation sites (tertiary alicyclic amines) is 1. The Bertz CT molecular complexity index is 432. The van der Waals surface area contributed by atoms with Crippen LogP contribution >= 0.6 is 0 Å². The number of nitrogens with zero attached hydrogens (tertiary/aromatic N) is 1. The fraction of sp³-hybridized carbons (Fsp3) is 0.824. The molecule has 0 bridgehead atoms. The van der Waals surface area contributed by atoms with Gasteiger partial charge in [0.2, 0.25) is 17.7 Å². The summed E-state index contributed by atoms with van der Waals surface area (Å²) in [5.41, 5.74) is 0. The van der Waals surface area contributed by atoms with Crippen LogP contribution in [0.25, 0.3) is 0 Å². The molecule has 2 N–H and O–H groups in total. The van der Waals surface area contributed by atoms with Gasteiger partial charge in [-0.15, -0.1) is 0 Å². The van der Waals surface area contributed by atoms with Crippen molar-refractivity contribution in [3.05, 3.63) is 0 Å². The first-order chi connectivity index (χ1) is 11.0. The highest BCUT2D eigenvalue weighted by Crippen LogP contribution is 2.21. The van der Waals surface area contributed by atoms with E-state index in [1.165, 1.54) is 0 Å². The first kappa shape index (κ1) is 17.8. The number of amides is 3. The monoisotopic (exact) mass is 323 g/mol. The Hall–Kier alpha value is -1.59. The van der Waals surface area contributed by atoms with Crippen molar-refractivity contribution in [3.63, 3.8) is 0 Å². The van der Waals surface area contributed by atoms with Gasteiger partial charge in [0.1, 0.15) is 0 Å². The molecule has 0 spiro atoms. The fourth-order valence-electron chi connectivity index (χ4n) is 3.19. The van der Waals surface area contributed by atoms with E-state index in [9.17, 15) is 14.4 Å². The maximum atomic E-state index is 12.5. The van der Waals surface area contributed by atoms with Crippen molar-refractivity contribution in [2.24, 2.45) is 17.8 Å². The van der Waals surface area contributed by atoms with Crippen molar-refractivity contribution in [1.82, 2.24) is 15.5 Å². The van der Waals surface area contributed by atoms with Crippen LogP contribution in [0.5, 0.6) is 0 Å². The summed E-state index contributed by atoms with van der Waals surface area (Å²) in [6.45, 7) is 6.76. The Kier molecular flexibility index (Phi) is 6.42. The lowest BCUT2D eigenvalue weighted by Gasteiger charge is -2.34. The van der Waals surface area contributed by atoms with Crippen molar-refractivity contribution < 1.29 is 14.4 Å². The third kappa shape index (κ3) is 5.22. The quantitative estimate of drug-likeness (QED) is 0.789. The van der Waals surface area contributed by atoms with E-state index < -0.39 is 0 Å². The van der Waals surface area contributed by atoms with Crippen LogP contribution in [-0.4, -0.2) is 48.8 Å². The van der Waals surface area contributed by atoms with Crippen LogP contribution in [0.2, 0.25) is 0 Å². The Balaban J connectivity index is 1.71. The second kappa shape index (κ2) is 8.31. The summed E-state index contributed by atoms with van der Waals surface area (Å²) in [6.07, 6.45) is 3.54. The second-order valence-corrected chi connectivity index (χ2v) is 7.11. The highest BCUT2D eigenvalue weighted by molar-refractivity contribution is 5.84. The van der Waals surface area contributed by atoms with E-state index in [0.717, 1.165) is 25.8 Å². The molecule has 0 aliphatic carbocycles. The lowest BCUT2D eigenvalue weighted by molar-refractivity contribution is -0.140. The number of hydrogen-bond donors (Lipinski definition) is 2. The minimum Gasteiger partial charge on any atom is -0.356 e. The summed E-state index contributed by atoms with van der Waals surface area (Å²) in [4.78, 5) is 37.6. The summed E-state index contributed by atoms with van der Waals surface area (Å²) in [5.74, 6) is 0.810. The van der Waals surface area contributed by atoms with Crippen LogP contribution in [-0.2, 0) is 14.4 Å². The standard InChI is InChI=1S/C17H29N3O3/c1-12(2)5-8-18-16(22)13-6-9-20(10-7-13)17(23)14-3-4-15(21)19-11-14/h12-14H,3-11H2,1-2H3,(H,18,22)(H,19,21). The molecule has 23 heavy (non-hydrogen) atoms. The van der Waals surface area contributed by atoms with Gasteiger partial charge >= 0.3 is 0 Å². The van der Waals surface area contributed by atoms with Crippen LogP contribution in [0, 0.1) is 17.8 Å². The zero-order chi connectivity index (χ0) is 16.8. The van der Waals surface area contributed by atoms with E-state index in [2.05, 4.69) is 24.5 Å². The summed E-state index contributed by atoms with van der Waals surface area (Å²) in [7, 11) is 0. The number of carbonyl (C=O) groups is 3. The van der Waals surface area contributed by atoms with Crippen molar-refractivity contribution in [3.8, 4) is 0 Å². The predicted molar refractivity (Wildman–Crippen MR) is 87.5 cm³/mol. The molecule has 2 aliphatic rings. The highest BCUT2D eigenvalue weighted by atomic mass is 16.2. The maximum absolute atomic E-state index is 12.5. The summed E-state index contributed by atoms with van der Waals surface area (Å²) < 4.78 is 0. The molecule has 0 radical (unpaired) electrons. The molecule has 6 nitrogen and oxygen atoms in total. The molecule has 0 saturated carbocycles. The molecule has 0 aromatic rings. The van der Waals surface area contributed by atoms with Gasteiger partial charge in [-0.2, -0.15) is 0 Å². The van der Waals surface area contributed by atoms with E-state index in [0.29, 0.717) is 38.4 Å².